The standard InChI is InChI=1S/C17H27N3O5/c1-3-12(2)25-15(22)11-20-16(23)19-10-4-9-17(18,24)13-5-7-14(21)8-6-13/h5-8,12,21,24H,3-4,9-11,18H2,1-2H3,(H2,19,20,23). The van der Waals surface area contributed by atoms with Crippen LogP contribution < -0.4 is 16.4 Å². The summed E-state index contributed by atoms with van der Waals surface area (Å²) in [7, 11) is 0. The minimum absolute atomic E-state index is 0.0877. The molecule has 8 heteroatoms. The molecule has 0 aromatic heterocycles. The van der Waals surface area contributed by atoms with Crippen LogP contribution in [0.1, 0.15) is 38.7 Å². The Morgan fingerprint density at radius 2 is 1.92 bits per heavy atom. The first-order valence-electron chi connectivity index (χ1n) is 8.26. The van der Waals surface area contributed by atoms with E-state index >= 15 is 0 Å². The summed E-state index contributed by atoms with van der Waals surface area (Å²) in [6, 6.07) is 5.47. The number of phenols is 1. The third-order valence-corrected chi connectivity index (χ3v) is 3.69. The number of amides is 2. The molecule has 6 N–H and O–H groups in total. The highest BCUT2D eigenvalue weighted by Crippen LogP contribution is 2.22. The molecule has 0 spiro atoms. The lowest BCUT2D eigenvalue weighted by molar-refractivity contribution is -0.146. The molecule has 1 rings (SSSR count). The number of ether oxygens (including phenoxy) is 1. The third-order valence-electron chi connectivity index (χ3n) is 3.69. The van der Waals surface area contributed by atoms with Crippen molar-refractivity contribution in [2.45, 2.75) is 44.9 Å². The average Bonchev–Trinajstić information content (AvgIpc) is 2.57. The van der Waals surface area contributed by atoms with Gasteiger partial charge in [0.05, 0.1) is 6.10 Å². The van der Waals surface area contributed by atoms with Gasteiger partial charge >= 0.3 is 12.0 Å². The number of urea groups is 1. The van der Waals surface area contributed by atoms with Gasteiger partial charge in [-0.1, -0.05) is 19.1 Å². The Morgan fingerprint density at radius 1 is 1.28 bits per heavy atom. The van der Waals surface area contributed by atoms with Gasteiger partial charge in [0, 0.05) is 6.54 Å². The van der Waals surface area contributed by atoms with Gasteiger partial charge in [0.1, 0.15) is 18.0 Å². The van der Waals surface area contributed by atoms with E-state index in [4.69, 9.17) is 10.5 Å². The van der Waals surface area contributed by atoms with E-state index in [-0.39, 0.29) is 31.4 Å². The number of rotatable bonds is 9. The van der Waals surface area contributed by atoms with Crippen LogP contribution in [0.15, 0.2) is 24.3 Å². The van der Waals surface area contributed by atoms with Crippen LogP contribution in [-0.4, -0.2) is 41.4 Å². The predicted octanol–water partition coefficient (Wildman–Crippen LogP) is 0.917. The van der Waals surface area contributed by atoms with E-state index < -0.39 is 17.7 Å². The van der Waals surface area contributed by atoms with Crippen molar-refractivity contribution in [1.82, 2.24) is 10.6 Å². The first kappa shape index (κ1) is 20.7. The van der Waals surface area contributed by atoms with E-state index in [1.165, 1.54) is 12.1 Å². The van der Waals surface area contributed by atoms with Gasteiger partial charge in [-0.05, 0) is 43.9 Å². The second kappa shape index (κ2) is 9.85. The zero-order valence-electron chi connectivity index (χ0n) is 14.6. The maximum atomic E-state index is 11.6. The third kappa shape index (κ3) is 7.86. The van der Waals surface area contributed by atoms with Crippen LogP contribution in [0, 0.1) is 0 Å². The van der Waals surface area contributed by atoms with Crippen LogP contribution in [0.2, 0.25) is 0 Å². The summed E-state index contributed by atoms with van der Waals surface area (Å²) < 4.78 is 5.03. The van der Waals surface area contributed by atoms with Crippen LogP contribution in [0.25, 0.3) is 0 Å². The number of carbonyl (C=O) groups is 2. The molecular weight excluding hydrogens is 326 g/mol. The highest BCUT2D eigenvalue weighted by Gasteiger charge is 2.23. The maximum Gasteiger partial charge on any atom is 0.325 e. The van der Waals surface area contributed by atoms with E-state index in [1.54, 1.807) is 19.1 Å². The zero-order valence-corrected chi connectivity index (χ0v) is 14.6. The van der Waals surface area contributed by atoms with Gasteiger partial charge < -0.3 is 25.6 Å². The number of nitrogens with two attached hydrogens (primary N) is 1. The van der Waals surface area contributed by atoms with Gasteiger partial charge in [-0.3, -0.25) is 10.5 Å². The van der Waals surface area contributed by atoms with Crippen molar-refractivity contribution >= 4 is 12.0 Å². The zero-order chi connectivity index (χ0) is 18.9. The molecule has 1 aromatic rings. The minimum Gasteiger partial charge on any atom is -0.508 e. The quantitative estimate of drug-likeness (QED) is 0.255. The fourth-order valence-electron chi connectivity index (χ4n) is 2.02. The molecule has 0 fully saturated rings. The van der Waals surface area contributed by atoms with E-state index in [0.29, 0.717) is 18.4 Å². The van der Waals surface area contributed by atoms with Gasteiger partial charge in [-0.2, -0.15) is 0 Å². The molecule has 0 radical (unpaired) electrons. The lowest BCUT2D eigenvalue weighted by Gasteiger charge is -2.23. The topological polar surface area (TPSA) is 134 Å². The van der Waals surface area contributed by atoms with Crippen LogP contribution in [0.4, 0.5) is 4.79 Å². The molecule has 2 atom stereocenters. The summed E-state index contributed by atoms with van der Waals surface area (Å²) in [5.41, 5.74) is 4.77. The molecule has 2 amide bonds. The number of hydrogen-bond acceptors (Lipinski definition) is 6. The number of hydrogen-bond donors (Lipinski definition) is 5. The van der Waals surface area contributed by atoms with E-state index in [9.17, 15) is 19.8 Å². The molecule has 140 valence electrons. The second-order valence-electron chi connectivity index (χ2n) is 5.89. The Balaban J connectivity index is 2.24. The average molecular weight is 353 g/mol. The van der Waals surface area contributed by atoms with Crippen LogP contribution in [0.5, 0.6) is 5.75 Å². The first-order valence-corrected chi connectivity index (χ1v) is 8.26. The van der Waals surface area contributed by atoms with Crippen LogP contribution >= 0.6 is 0 Å². The van der Waals surface area contributed by atoms with Crippen molar-refractivity contribution in [3.05, 3.63) is 29.8 Å². The summed E-state index contributed by atoms with van der Waals surface area (Å²) in [6.07, 6.45) is 1.17. The Morgan fingerprint density at radius 3 is 2.52 bits per heavy atom. The molecule has 0 aliphatic rings. The minimum atomic E-state index is -1.55. The largest absolute Gasteiger partial charge is 0.508 e. The Hall–Kier alpha value is -2.32. The predicted molar refractivity (Wildman–Crippen MR) is 92.7 cm³/mol. The molecular formula is C17H27N3O5. The molecule has 0 aliphatic heterocycles. The highest BCUT2D eigenvalue weighted by molar-refractivity contribution is 5.80. The van der Waals surface area contributed by atoms with E-state index in [1.807, 2.05) is 6.92 Å². The summed E-state index contributed by atoms with van der Waals surface area (Å²) in [6.45, 7) is 3.75. The van der Waals surface area contributed by atoms with Crippen LogP contribution in [-0.2, 0) is 15.3 Å². The smallest absolute Gasteiger partial charge is 0.325 e. The van der Waals surface area contributed by atoms with Crippen molar-refractivity contribution in [3.63, 3.8) is 0 Å². The number of benzene rings is 1. The van der Waals surface area contributed by atoms with Crippen molar-refractivity contribution < 1.29 is 24.5 Å². The molecule has 0 aliphatic carbocycles. The molecule has 25 heavy (non-hydrogen) atoms. The normalized spacial score (nSPS) is 14.2. The van der Waals surface area contributed by atoms with Gasteiger partial charge in [-0.25, -0.2) is 4.79 Å². The molecule has 0 heterocycles. The monoisotopic (exact) mass is 353 g/mol. The fourth-order valence-corrected chi connectivity index (χ4v) is 2.02. The van der Waals surface area contributed by atoms with Crippen molar-refractivity contribution in [2.24, 2.45) is 5.73 Å². The summed E-state index contributed by atoms with van der Waals surface area (Å²) in [5, 5.41) is 24.4. The summed E-state index contributed by atoms with van der Waals surface area (Å²) >= 11 is 0. The summed E-state index contributed by atoms with van der Waals surface area (Å²) in [5.74, 6) is -0.405. The molecule has 0 saturated heterocycles. The molecule has 1 aromatic carbocycles. The van der Waals surface area contributed by atoms with Gasteiger partial charge in [0.15, 0.2) is 0 Å². The van der Waals surface area contributed by atoms with Crippen LogP contribution in [0.3, 0.4) is 0 Å². The maximum absolute atomic E-state index is 11.6. The Labute approximate surface area is 147 Å². The number of carbonyl (C=O) groups excluding carboxylic acids is 2. The highest BCUT2D eigenvalue weighted by atomic mass is 16.5. The molecule has 8 nitrogen and oxygen atoms in total. The number of aromatic hydroxyl groups is 1. The van der Waals surface area contributed by atoms with Gasteiger partial charge in [0.2, 0.25) is 0 Å². The molecule has 0 saturated carbocycles. The van der Waals surface area contributed by atoms with E-state index in [0.717, 1.165) is 0 Å². The number of aliphatic hydroxyl groups is 1. The number of esters is 1. The van der Waals surface area contributed by atoms with Crippen molar-refractivity contribution in [1.29, 1.82) is 0 Å². The van der Waals surface area contributed by atoms with E-state index in [2.05, 4.69) is 10.6 Å². The lowest BCUT2D eigenvalue weighted by Crippen LogP contribution is -2.41. The second-order valence-corrected chi connectivity index (χ2v) is 5.89. The van der Waals surface area contributed by atoms with Crippen molar-refractivity contribution in [2.75, 3.05) is 13.1 Å². The number of phenolic OH excluding ortho intramolecular Hbond substituents is 1. The lowest BCUT2D eigenvalue weighted by atomic mass is 9.98. The molecule has 0 bridgehead atoms. The van der Waals surface area contributed by atoms with Crippen molar-refractivity contribution in [3.8, 4) is 5.75 Å². The summed E-state index contributed by atoms with van der Waals surface area (Å²) in [4.78, 5) is 23.0. The molecule has 2 unspecified atom stereocenters. The Bertz CT molecular complexity index is 560. The number of nitrogens with one attached hydrogen (secondary N) is 2. The first-order chi connectivity index (χ1) is 11.7. The Kier molecular flexibility index (Phi) is 8.17. The van der Waals surface area contributed by atoms with Gasteiger partial charge in [-0.15, -0.1) is 0 Å². The SMILES string of the molecule is CCC(C)OC(=O)CNC(=O)NCCCC(N)(O)c1ccc(O)cc1. The fraction of sp³-hybridized carbons (Fsp3) is 0.529. The van der Waals surface area contributed by atoms with Gasteiger partial charge in [0.25, 0.3) is 0 Å².